The Morgan fingerprint density at radius 2 is 2.70 bits per heavy atom. The van der Waals surface area contributed by atoms with E-state index in [0.717, 1.165) is 13.0 Å². The van der Waals surface area contributed by atoms with Gasteiger partial charge in [0, 0.05) is 6.54 Å². The highest BCUT2D eigenvalue weighted by molar-refractivity contribution is 8.12. The number of hydrogen-bond acceptors (Lipinski definition) is 4. The third-order valence-corrected chi connectivity index (χ3v) is 2.94. The van der Waals surface area contributed by atoms with Crippen LogP contribution in [0.2, 0.25) is 0 Å². The van der Waals surface area contributed by atoms with Crippen LogP contribution in [0.5, 0.6) is 0 Å². The minimum absolute atomic E-state index is 0.187. The van der Waals surface area contributed by atoms with Gasteiger partial charge in [-0.15, -0.1) is 0 Å². The standard InChI is InChI=1S/C6H7N3S/c7-3-5-1-2-9-6(5)10-4-8-9/h4-6H,1-2H2/t5-,6+/m1/s1. The molecule has 0 aromatic heterocycles. The number of nitriles is 1. The average Bonchev–Trinajstić information content (AvgIpc) is 2.44. The fraction of sp³-hybridized carbons (Fsp3) is 0.667. The van der Waals surface area contributed by atoms with Crippen LogP contribution in [0.3, 0.4) is 0 Å². The van der Waals surface area contributed by atoms with Crippen LogP contribution in [-0.2, 0) is 0 Å². The average molecular weight is 153 g/mol. The summed E-state index contributed by atoms with van der Waals surface area (Å²) < 4.78 is 0. The van der Waals surface area contributed by atoms with Crippen molar-refractivity contribution < 1.29 is 0 Å². The Balaban J connectivity index is 2.14. The summed E-state index contributed by atoms with van der Waals surface area (Å²) in [7, 11) is 0. The van der Waals surface area contributed by atoms with Gasteiger partial charge in [0.05, 0.1) is 17.5 Å². The minimum atomic E-state index is 0.187. The molecule has 0 spiro atoms. The number of nitrogens with zero attached hydrogens (tertiary/aromatic N) is 3. The summed E-state index contributed by atoms with van der Waals surface area (Å²) in [4.78, 5) is 0. The molecule has 0 unspecified atom stereocenters. The molecule has 1 fully saturated rings. The molecule has 3 nitrogen and oxygen atoms in total. The second-order valence-electron chi connectivity index (χ2n) is 2.43. The first-order valence-corrected chi connectivity index (χ1v) is 4.20. The summed E-state index contributed by atoms with van der Waals surface area (Å²) in [5.74, 6) is 0.187. The summed E-state index contributed by atoms with van der Waals surface area (Å²) in [6, 6.07) is 2.29. The molecule has 4 heteroatoms. The third-order valence-electron chi connectivity index (χ3n) is 1.87. The van der Waals surface area contributed by atoms with Crippen LogP contribution in [0.15, 0.2) is 5.10 Å². The van der Waals surface area contributed by atoms with Crippen molar-refractivity contribution in [2.45, 2.75) is 11.8 Å². The van der Waals surface area contributed by atoms with Gasteiger partial charge in [0.15, 0.2) is 0 Å². The van der Waals surface area contributed by atoms with Crippen molar-refractivity contribution in [2.75, 3.05) is 6.54 Å². The van der Waals surface area contributed by atoms with Gasteiger partial charge in [-0.05, 0) is 6.42 Å². The SMILES string of the molecule is N#C[C@H]1CCN2N=CS[C@@H]12. The van der Waals surface area contributed by atoms with Gasteiger partial charge in [0.1, 0.15) is 5.37 Å². The summed E-state index contributed by atoms with van der Waals surface area (Å²) >= 11 is 1.66. The molecule has 0 amide bonds. The lowest BCUT2D eigenvalue weighted by atomic mass is 10.1. The molecule has 0 aromatic carbocycles. The lowest BCUT2D eigenvalue weighted by molar-refractivity contribution is 0.337. The van der Waals surface area contributed by atoms with E-state index in [1.165, 1.54) is 0 Å². The Bertz CT molecular complexity index is 208. The number of hydrazone groups is 1. The zero-order valence-electron chi connectivity index (χ0n) is 5.40. The molecular weight excluding hydrogens is 146 g/mol. The van der Waals surface area contributed by atoms with Crippen LogP contribution < -0.4 is 0 Å². The predicted octanol–water partition coefficient (Wildman–Crippen LogP) is 0.848. The van der Waals surface area contributed by atoms with Gasteiger partial charge in [0.2, 0.25) is 0 Å². The maximum absolute atomic E-state index is 8.67. The molecule has 0 aromatic rings. The van der Waals surface area contributed by atoms with Gasteiger partial charge in [-0.1, -0.05) is 11.8 Å². The summed E-state index contributed by atoms with van der Waals surface area (Å²) in [6.45, 7) is 0.951. The number of fused-ring (bicyclic) bond motifs is 1. The second kappa shape index (κ2) is 2.17. The molecule has 1 saturated heterocycles. The number of thioether (sulfide) groups is 1. The predicted molar refractivity (Wildman–Crippen MR) is 40.3 cm³/mol. The maximum atomic E-state index is 8.67. The van der Waals surface area contributed by atoms with Crippen LogP contribution in [0.4, 0.5) is 0 Å². The molecule has 0 saturated carbocycles. The highest BCUT2D eigenvalue weighted by atomic mass is 32.2. The van der Waals surface area contributed by atoms with Crippen molar-refractivity contribution in [3.63, 3.8) is 0 Å². The smallest absolute Gasteiger partial charge is 0.114 e. The summed E-state index contributed by atoms with van der Waals surface area (Å²) in [5.41, 5.74) is 1.83. The van der Waals surface area contributed by atoms with Crippen molar-refractivity contribution in [3.8, 4) is 6.07 Å². The Morgan fingerprint density at radius 3 is 3.50 bits per heavy atom. The Kier molecular flexibility index (Phi) is 1.31. The zero-order chi connectivity index (χ0) is 6.97. The van der Waals surface area contributed by atoms with Gasteiger partial charge in [-0.2, -0.15) is 10.4 Å². The van der Waals surface area contributed by atoms with Gasteiger partial charge in [0.25, 0.3) is 0 Å². The molecule has 0 aliphatic carbocycles. The molecule has 2 rings (SSSR count). The van der Waals surface area contributed by atoms with Gasteiger partial charge in [-0.3, -0.25) is 5.01 Å². The van der Waals surface area contributed by atoms with Crippen molar-refractivity contribution in [2.24, 2.45) is 11.0 Å². The number of hydrogen-bond donors (Lipinski definition) is 0. The van der Waals surface area contributed by atoms with Crippen molar-refractivity contribution in [1.29, 1.82) is 5.26 Å². The van der Waals surface area contributed by atoms with Crippen LogP contribution in [-0.4, -0.2) is 22.5 Å². The molecule has 2 heterocycles. The molecule has 2 aliphatic rings. The van der Waals surface area contributed by atoms with E-state index in [9.17, 15) is 0 Å². The van der Waals surface area contributed by atoms with Crippen molar-refractivity contribution >= 4 is 17.3 Å². The van der Waals surface area contributed by atoms with Gasteiger partial charge >= 0.3 is 0 Å². The van der Waals surface area contributed by atoms with Crippen LogP contribution in [0.1, 0.15) is 6.42 Å². The molecular formula is C6H7N3S. The van der Waals surface area contributed by atoms with Gasteiger partial charge < -0.3 is 0 Å². The van der Waals surface area contributed by atoms with Crippen LogP contribution in [0.25, 0.3) is 0 Å². The molecule has 2 atom stereocenters. The first-order chi connectivity index (χ1) is 4.92. The largest absolute Gasteiger partial charge is 0.282 e. The number of rotatable bonds is 0. The second-order valence-corrected chi connectivity index (χ2v) is 3.40. The molecule has 2 aliphatic heterocycles. The maximum Gasteiger partial charge on any atom is 0.114 e. The van der Waals surface area contributed by atoms with E-state index in [0.29, 0.717) is 5.37 Å². The Morgan fingerprint density at radius 1 is 1.80 bits per heavy atom. The highest BCUT2D eigenvalue weighted by Gasteiger charge is 2.36. The van der Waals surface area contributed by atoms with Crippen LogP contribution >= 0.6 is 11.8 Å². The first-order valence-electron chi connectivity index (χ1n) is 3.26. The molecule has 52 valence electrons. The van der Waals surface area contributed by atoms with E-state index in [1.54, 1.807) is 11.8 Å². The molecule has 0 bridgehead atoms. The minimum Gasteiger partial charge on any atom is -0.282 e. The molecule has 0 radical (unpaired) electrons. The summed E-state index contributed by atoms with van der Waals surface area (Å²) in [5, 5.41) is 15.1. The fourth-order valence-corrected chi connectivity index (χ4v) is 2.30. The van der Waals surface area contributed by atoms with E-state index in [-0.39, 0.29) is 5.92 Å². The van der Waals surface area contributed by atoms with E-state index >= 15 is 0 Å². The summed E-state index contributed by atoms with van der Waals surface area (Å²) in [6.07, 6.45) is 0.978. The monoisotopic (exact) mass is 153 g/mol. The van der Waals surface area contributed by atoms with Crippen LogP contribution in [0, 0.1) is 17.2 Å². The third kappa shape index (κ3) is 0.706. The first kappa shape index (κ1) is 6.05. The van der Waals surface area contributed by atoms with Crippen molar-refractivity contribution in [3.05, 3.63) is 0 Å². The normalized spacial score (nSPS) is 36.1. The Hall–Kier alpha value is -0.690. The quantitative estimate of drug-likeness (QED) is 0.518. The van der Waals surface area contributed by atoms with E-state index < -0.39 is 0 Å². The zero-order valence-corrected chi connectivity index (χ0v) is 6.21. The van der Waals surface area contributed by atoms with E-state index in [2.05, 4.69) is 11.2 Å². The Labute approximate surface area is 63.7 Å². The lowest BCUT2D eigenvalue weighted by Gasteiger charge is -2.12. The highest BCUT2D eigenvalue weighted by Crippen LogP contribution is 2.34. The van der Waals surface area contributed by atoms with Crippen molar-refractivity contribution in [1.82, 2.24) is 5.01 Å². The topological polar surface area (TPSA) is 39.4 Å². The lowest BCUT2D eigenvalue weighted by Crippen LogP contribution is -2.19. The molecule has 0 N–H and O–H groups in total. The van der Waals surface area contributed by atoms with Gasteiger partial charge in [-0.25, -0.2) is 0 Å². The van der Waals surface area contributed by atoms with E-state index in [1.807, 2.05) is 10.6 Å². The van der Waals surface area contributed by atoms with E-state index in [4.69, 9.17) is 5.26 Å². The molecule has 10 heavy (non-hydrogen) atoms. The fourth-order valence-electron chi connectivity index (χ4n) is 1.32.